The third kappa shape index (κ3) is 2.93. The number of carbonyl (C=O) groups is 3. The lowest BCUT2D eigenvalue weighted by molar-refractivity contribution is -0.138. The van der Waals surface area contributed by atoms with Gasteiger partial charge in [-0.25, -0.2) is 4.90 Å². The maximum Gasteiger partial charge on any atom is 0.305 e. The topological polar surface area (TPSA) is 83.9 Å². The van der Waals surface area contributed by atoms with Crippen LogP contribution in [0.15, 0.2) is 24.3 Å². The van der Waals surface area contributed by atoms with E-state index >= 15 is 0 Å². The quantitative estimate of drug-likeness (QED) is 0.895. The number of hydrogen-bond donors (Lipinski definition) is 1. The molecular formula is C13H13NO5S. The maximum atomic E-state index is 12.1. The molecule has 0 saturated carbocycles. The standard InChI is InChI=1S/C13H13NO5S/c1-2-19-9-5-3-8(4-6-9)14-12(17)10(7-11(15)16)20-13(14)18/h3-6,10H,2,7H2,1H3,(H,15,16)/t10-/m0/s1. The molecule has 0 aromatic heterocycles. The summed E-state index contributed by atoms with van der Waals surface area (Å²) in [6.07, 6.45) is -0.358. The van der Waals surface area contributed by atoms with Crippen LogP contribution in [0.5, 0.6) is 5.75 Å². The first-order valence-electron chi connectivity index (χ1n) is 6.02. The van der Waals surface area contributed by atoms with E-state index in [4.69, 9.17) is 9.84 Å². The zero-order chi connectivity index (χ0) is 14.7. The van der Waals surface area contributed by atoms with E-state index in [2.05, 4.69) is 0 Å². The zero-order valence-corrected chi connectivity index (χ0v) is 11.6. The van der Waals surface area contributed by atoms with Gasteiger partial charge in [0.2, 0.25) is 5.91 Å². The Balaban J connectivity index is 2.17. The van der Waals surface area contributed by atoms with Crippen molar-refractivity contribution < 1.29 is 24.2 Å². The van der Waals surface area contributed by atoms with E-state index in [0.717, 1.165) is 16.7 Å². The molecule has 2 rings (SSSR count). The second-order valence-corrected chi connectivity index (χ2v) is 5.22. The molecule has 0 unspecified atom stereocenters. The fraction of sp³-hybridized carbons (Fsp3) is 0.308. The lowest BCUT2D eigenvalue weighted by atomic mass is 10.2. The van der Waals surface area contributed by atoms with Gasteiger partial charge in [0.1, 0.15) is 11.0 Å². The molecule has 1 aliphatic rings. The molecule has 1 atom stereocenters. The van der Waals surface area contributed by atoms with Crippen molar-refractivity contribution in [1.29, 1.82) is 0 Å². The largest absolute Gasteiger partial charge is 0.494 e. The van der Waals surface area contributed by atoms with Crippen LogP contribution < -0.4 is 9.64 Å². The first-order chi connectivity index (χ1) is 9.52. The number of carboxylic acid groups (broad SMARTS) is 1. The number of amides is 2. The van der Waals surface area contributed by atoms with Gasteiger partial charge in [0, 0.05) is 0 Å². The maximum absolute atomic E-state index is 12.1. The van der Waals surface area contributed by atoms with Crippen LogP contribution in [-0.2, 0) is 9.59 Å². The summed E-state index contributed by atoms with van der Waals surface area (Å²) in [5, 5.41) is 7.41. The Morgan fingerprint density at radius 2 is 2.00 bits per heavy atom. The van der Waals surface area contributed by atoms with Crippen molar-refractivity contribution in [1.82, 2.24) is 0 Å². The van der Waals surface area contributed by atoms with E-state index in [-0.39, 0.29) is 6.42 Å². The van der Waals surface area contributed by atoms with Gasteiger partial charge in [0.15, 0.2) is 0 Å². The second-order valence-electron chi connectivity index (χ2n) is 4.07. The number of rotatable bonds is 5. The Bertz CT molecular complexity index is 542. The number of ether oxygens (including phenoxy) is 1. The van der Waals surface area contributed by atoms with E-state index in [1.807, 2.05) is 6.92 Å². The highest BCUT2D eigenvalue weighted by molar-refractivity contribution is 8.15. The summed E-state index contributed by atoms with van der Waals surface area (Å²) in [4.78, 5) is 35.5. The van der Waals surface area contributed by atoms with Crippen LogP contribution in [0, 0.1) is 0 Å². The molecule has 1 saturated heterocycles. The summed E-state index contributed by atoms with van der Waals surface area (Å²) >= 11 is 0.745. The van der Waals surface area contributed by atoms with Crippen LogP contribution in [0.4, 0.5) is 10.5 Å². The number of thioether (sulfide) groups is 1. The zero-order valence-electron chi connectivity index (χ0n) is 10.7. The minimum Gasteiger partial charge on any atom is -0.494 e. The number of hydrogen-bond acceptors (Lipinski definition) is 5. The molecule has 106 valence electrons. The fourth-order valence-corrected chi connectivity index (χ4v) is 2.81. The van der Waals surface area contributed by atoms with Crippen molar-refractivity contribution in [3.8, 4) is 5.75 Å². The number of aliphatic carboxylic acids is 1. The summed E-state index contributed by atoms with van der Waals surface area (Å²) < 4.78 is 5.28. The first kappa shape index (κ1) is 14.4. The highest BCUT2D eigenvalue weighted by Gasteiger charge is 2.41. The molecule has 1 aromatic rings. The summed E-state index contributed by atoms with van der Waals surface area (Å²) in [7, 11) is 0. The highest BCUT2D eigenvalue weighted by atomic mass is 32.2. The van der Waals surface area contributed by atoms with Gasteiger partial charge in [-0.1, -0.05) is 0 Å². The van der Waals surface area contributed by atoms with Crippen molar-refractivity contribution in [3.63, 3.8) is 0 Å². The molecule has 0 spiro atoms. The molecule has 6 nitrogen and oxygen atoms in total. The number of carbonyl (C=O) groups excluding carboxylic acids is 2. The van der Waals surface area contributed by atoms with E-state index in [1.54, 1.807) is 24.3 Å². The van der Waals surface area contributed by atoms with Crippen molar-refractivity contribution in [3.05, 3.63) is 24.3 Å². The van der Waals surface area contributed by atoms with Crippen LogP contribution in [-0.4, -0.2) is 34.1 Å². The van der Waals surface area contributed by atoms with Crippen LogP contribution in [0.3, 0.4) is 0 Å². The molecule has 0 aliphatic carbocycles. The first-order valence-corrected chi connectivity index (χ1v) is 6.90. The summed E-state index contributed by atoms with van der Waals surface area (Å²) in [6, 6.07) is 6.53. The normalized spacial score (nSPS) is 18.4. The number of nitrogens with zero attached hydrogens (tertiary/aromatic N) is 1. The van der Waals surface area contributed by atoms with Gasteiger partial charge >= 0.3 is 5.97 Å². The molecule has 1 fully saturated rings. The average Bonchev–Trinajstić information content (AvgIpc) is 2.65. The molecule has 1 aromatic carbocycles. The number of benzene rings is 1. The van der Waals surface area contributed by atoms with Crippen LogP contribution in [0.25, 0.3) is 0 Å². The molecular weight excluding hydrogens is 282 g/mol. The molecule has 20 heavy (non-hydrogen) atoms. The molecule has 0 bridgehead atoms. The Kier molecular flexibility index (Phi) is 4.29. The van der Waals surface area contributed by atoms with Gasteiger partial charge < -0.3 is 9.84 Å². The predicted molar refractivity (Wildman–Crippen MR) is 74.1 cm³/mol. The highest BCUT2D eigenvalue weighted by Crippen LogP contribution is 2.33. The Morgan fingerprint density at radius 1 is 1.35 bits per heavy atom. The molecule has 7 heteroatoms. The van der Waals surface area contributed by atoms with Gasteiger partial charge in [-0.05, 0) is 43.0 Å². The Morgan fingerprint density at radius 3 is 2.55 bits per heavy atom. The van der Waals surface area contributed by atoms with Crippen LogP contribution in [0.2, 0.25) is 0 Å². The third-order valence-corrected chi connectivity index (χ3v) is 3.72. The SMILES string of the molecule is CCOc1ccc(N2C(=O)S[C@@H](CC(=O)O)C2=O)cc1. The Hall–Kier alpha value is -2.02. The number of carboxylic acids is 1. The monoisotopic (exact) mass is 295 g/mol. The number of imide groups is 1. The lowest BCUT2D eigenvalue weighted by Crippen LogP contribution is -2.32. The van der Waals surface area contributed by atoms with Crippen LogP contribution >= 0.6 is 11.8 Å². The summed E-state index contributed by atoms with van der Waals surface area (Å²) in [5.41, 5.74) is 0.420. The third-order valence-electron chi connectivity index (χ3n) is 2.69. The lowest BCUT2D eigenvalue weighted by Gasteiger charge is -2.14. The van der Waals surface area contributed by atoms with E-state index in [1.165, 1.54) is 0 Å². The predicted octanol–water partition coefficient (Wildman–Crippen LogP) is 2.13. The van der Waals surface area contributed by atoms with Gasteiger partial charge in [-0.3, -0.25) is 14.4 Å². The fourth-order valence-electron chi connectivity index (χ4n) is 1.84. The number of anilines is 1. The van der Waals surface area contributed by atoms with Crippen molar-refractivity contribution >= 4 is 34.6 Å². The molecule has 1 N–H and O–H groups in total. The molecule has 2 amide bonds. The van der Waals surface area contributed by atoms with Gasteiger partial charge in [0.05, 0.1) is 18.7 Å². The Labute approximate surface area is 119 Å². The van der Waals surface area contributed by atoms with Gasteiger partial charge in [-0.2, -0.15) is 0 Å². The summed E-state index contributed by atoms with van der Waals surface area (Å²) in [6.45, 7) is 2.38. The summed E-state index contributed by atoms with van der Waals surface area (Å²) in [5.74, 6) is -0.950. The van der Waals surface area contributed by atoms with E-state index in [9.17, 15) is 14.4 Å². The molecule has 0 radical (unpaired) electrons. The second kappa shape index (κ2) is 5.96. The minimum absolute atomic E-state index is 0.358. The van der Waals surface area contributed by atoms with E-state index in [0.29, 0.717) is 18.0 Å². The van der Waals surface area contributed by atoms with Crippen molar-refractivity contribution in [2.24, 2.45) is 0 Å². The van der Waals surface area contributed by atoms with Gasteiger partial charge in [0.25, 0.3) is 5.24 Å². The minimum atomic E-state index is -1.10. The smallest absolute Gasteiger partial charge is 0.305 e. The van der Waals surface area contributed by atoms with E-state index < -0.39 is 22.4 Å². The van der Waals surface area contributed by atoms with Crippen molar-refractivity contribution in [2.45, 2.75) is 18.6 Å². The van der Waals surface area contributed by atoms with Crippen molar-refractivity contribution in [2.75, 3.05) is 11.5 Å². The van der Waals surface area contributed by atoms with Gasteiger partial charge in [-0.15, -0.1) is 0 Å². The van der Waals surface area contributed by atoms with Crippen LogP contribution in [0.1, 0.15) is 13.3 Å². The molecule has 1 heterocycles. The molecule has 1 aliphatic heterocycles. The average molecular weight is 295 g/mol.